The van der Waals surface area contributed by atoms with Gasteiger partial charge in [0, 0.05) is 20.1 Å². The molecule has 0 bridgehead atoms. The maximum atomic E-state index is 12.6. The number of rotatable bonds is 5. The molecule has 0 spiro atoms. The molecule has 0 saturated carbocycles. The van der Waals surface area contributed by atoms with Crippen molar-refractivity contribution in [1.29, 1.82) is 0 Å². The fourth-order valence-electron chi connectivity index (χ4n) is 3.41. The van der Waals surface area contributed by atoms with Crippen LogP contribution >= 0.6 is 0 Å². The largest absolute Gasteiger partial charge is 0.456 e. The van der Waals surface area contributed by atoms with Crippen LogP contribution in [-0.2, 0) is 17.7 Å². The summed E-state index contributed by atoms with van der Waals surface area (Å²) in [6, 6.07) is 17.7. The van der Waals surface area contributed by atoms with Crippen LogP contribution in [0.15, 0.2) is 54.6 Å². The van der Waals surface area contributed by atoms with Crippen molar-refractivity contribution in [3.05, 3.63) is 71.3 Å². The van der Waals surface area contributed by atoms with E-state index in [4.69, 9.17) is 4.74 Å². The van der Waals surface area contributed by atoms with Crippen molar-refractivity contribution in [2.75, 3.05) is 13.6 Å². The molecular weight excluding hydrogens is 352 g/mol. The Balaban J connectivity index is 1.69. The van der Waals surface area contributed by atoms with Crippen molar-refractivity contribution in [2.45, 2.75) is 45.4 Å². The molecule has 1 atom stereocenters. The number of hydrogen-bond donors (Lipinski definition) is 0. The third kappa shape index (κ3) is 4.91. The molecule has 0 radical (unpaired) electrons. The molecule has 1 aliphatic heterocycles. The smallest absolute Gasteiger partial charge is 0.338 e. The molecular formula is C23H28N2O3. The highest BCUT2D eigenvalue weighted by molar-refractivity contribution is 5.89. The average molecular weight is 380 g/mol. The molecule has 1 heterocycles. The zero-order valence-electron chi connectivity index (χ0n) is 17.0. The van der Waals surface area contributed by atoms with Crippen molar-refractivity contribution in [1.82, 2.24) is 9.80 Å². The molecule has 3 rings (SSSR count). The molecule has 148 valence electrons. The first kappa shape index (κ1) is 19.9. The summed E-state index contributed by atoms with van der Waals surface area (Å²) in [5, 5.41) is 0. The minimum absolute atomic E-state index is 0.0548. The Bertz CT molecular complexity index is 825. The van der Waals surface area contributed by atoms with Gasteiger partial charge in [-0.1, -0.05) is 42.5 Å². The molecule has 1 aliphatic rings. The van der Waals surface area contributed by atoms with Crippen molar-refractivity contribution in [2.24, 2.45) is 0 Å². The number of hydrogen-bond acceptors (Lipinski definition) is 3. The van der Waals surface area contributed by atoms with Crippen LogP contribution in [0.3, 0.4) is 0 Å². The molecule has 5 nitrogen and oxygen atoms in total. The van der Waals surface area contributed by atoms with Gasteiger partial charge in [0.2, 0.25) is 0 Å². The van der Waals surface area contributed by atoms with Crippen LogP contribution in [0.4, 0.5) is 4.79 Å². The van der Waals surface area contributed by atoms with E-state index >= 15 is 0 Å². The van der Waals surface area contributed by atoms with Crippen molar-refractivity contribution < 1.29 is 14.3 Å². The van der Waals surface area contributed by atoms with E-state index in [2.05, 4.69) is 0 Å². The van der Waals surface area contributed by atoms with E-state index < -0.39 is 5.60 Å². The number of ether oxygens (including phenoxy) is 1. The van der Waals surface area contributed by atoms with Crippen LogP contribution in [-0.4, -0.2) is 47.0 Å². The van der Waals surface area contributed by atoms with E-state index in [1.54, 1.807) is 17.0 Å². The Morgan fingerprint density at radius 1 is 1.04 bits per heavy atom. The van der Waals surface area contributed by atoms with Gasteiger partial charge in [-0.15, -0.1) is 0 Å². The number of carbonyl (C=O) groups is 2. The average Bonchev–Trinajstić information content (AvgIpc) is 2.89. The second kappa shape index (κ2) is 8.05. The van der Waals surface area contributed by atoms with Gasteiger partial charge >= 0.3 is 12.0 Å². The summed E-state index contributed by atoms with van der Waals surface area (Å²) in [5.41, 5.74) is 2.25. The van der Waals surface area contributed by atoms with E-state index in [0.29, 0.717) is 18.7 Å². The van der Waals surface area contributed by atoms with Crippen LogP contribution in [0.1, 0.15) is 42.3 Å². The number of amides is 2. The molecule has 0 N–H and O–H groups in total. The standard InChI is InChI=1S/C23H28N2O3/c1-23(2,3)28-21(26)19-12-10-17(11-13-19)14-20-16-24(4)22(27)25(20)15-18-8-6-5-7-9-18/h5-13,20H,14-16H2,1-4H3. The summed E-state index contributed by atoms with van der Waals surface area (Å²) in [5.74, 6) is -0.319. The molecule has 2 aromatic rings. The number of nitrogens with zero attached hydrogens (tertiary/aromatic N) is 2. The molecule has 28 heavy (non-hydrogen) atoms. The zero-order valence-corrected chi connectivity index (χ0v) is 17.0. The van der Waals surface area contributed by atoms with E-state index in [1.165, 1.54) is 0 Å². The second-order valence-electron chi connectivity index (χ2n) is 8.33. The lowest BCUT2D eigenvalue weighted by Crippen LogP contribution is -2.35. The van der Waals surface area contributed by atoms with Gasteiger partial charge in [-0.05, 0) is 50.5 Å². The summed E-state index contributed by atoms with van der Waals surface area (Å²) >= 11 is 0. The van der Waals surface area contributed by atoms with Gasteiger partial charge in [0.15, 0.2) is 0 Å². The summed E-state index contributed by atoms with van der Waals surface area (Å²) < 4.78 is 5.41. The monoisotopic (exact) mass is 380 g/mol. The Morgan fingerprint density at radius 3 is 2.29 bits per heavy atom. The maximum absolute atomic E-state index is 12.6. The van der Waals surface area contributed by atoms with Crippen molar-refractivity contribution in [3.63, 3.8) is 0 Å². The highest BCUT2D eigenvalue weighted by Crippen LogP contribution is 2.22. The van der Waals surface area contributed by atoms with E-state index in [0.717, 1.165) is 17.5 Å². The predicted molar refractivity (Wildman–Crippen MR) is 109 cm³/mol. The molecule has 0 aromatic heterocycles. The molecule has 5 heteroatoms. The second-order valence-corrected chi connectivity index (χ2v) is 8.33. The first-order valence-electron chi connectivity index (χ1n) is 9.61. The highest BCUT2D eigenvalue weighted by Gasteiger charge is 2.34. The third-order valence-electron chi connectivity index (χ3n) is 4.75. The Morgan fingerprint density at radius 2 is 1.68 bits per heavy atom. The van der Waals surface area contributed by atoms with E-state index in [-0.39, 0.29) is 18.0 Å². The lowest BCUT2D eigenvalue weighted by Gasteiger charge is -2.23. The third-order valence-corrected chi connectivity index (χ3v) is 4.75. The van der Waals surface area contributed by atoms with Gasteiger partial charge in [-0.2, -0.15) is 0 Å². The highest BCUT2D eigenvalue weighted by atomic mass is 16.6. The van der Waals surface area contributed by atoms with Crippen molar-refractivity contribution >= 4 is 12.0 Å². The zero-order chi connectivity index (χ0) is 20.3. The fourth-order valence-corrected chi connectivity index (χ4v) is 3.41. The van der Waals surface area contributed by atoms with Crippen LogP contribution in [0.25, 0.3) is 0 Å². The number of esters is 1. The fraction of sp³-hybridized carbons (Fsp3) is 0.391. The quantitative estimate of drug-likeness (QED) is 0.733. The van der Waals surface area contributed by atoms with Gasteiger partial charge < -0.3 is 14.5 Å². The normalized spacial score (nSPS) is 17.1. The topological polar surface area (TPSA) is 49.9 Å². The lowest BCUT2D eigenvalue weighted by atomic mass is 10.0. The van der Waals surface area contributed by atoms with E-state index in [9.17, 15) is 9.59 Å². The first-order chi connectivity index (χ1) is 13.2. The molecule has 2 aromatic carbocycles. The minimum Gasteiger partial charge on any atom is -0.456 e. The van der Waals surface area contributed by atoms with Crippen LogP contribution in [0.2, 0.25) is 0 Å². The summed E-state index contributed by atoms with van der Waals surface area (Å²) in [7, 11) is 1.84. The van der Waals surface area contributed by atoms with Gasteiger partial charge in [0.05, 0.1) is 11.6 Å². The Kier molecular flexibility index (Phi) is 5.73. The summed E-state index contributed by atoms with van der Waals surface area (Å²) in [6.07, 6.45) is 0.748. The summed E-state index contributed by atoms with van der Waals surface area (Å²) in [6.45, 7) is 6.86. The number of carbonyl (C=O) groups excluding carboxylic acids is 2. The van der Waals surface area contributed by atoms with Crippen LogP contribution < -0.4 is 0 Å². The Hall–Kier alpha value is -2.82. The lowest BCUT2D eigenvalue weighted by molar-refractivity contribution is 0.00695. The number of likely N-dealkylation sites (N-methyl/N-ethyl adjacent to an activating group) is 1. The van der Waals surface area contributed by atoms with Gasteiger partial charge in [-0.3, -0.25) is 0 Å². The molecule has 0 aliphatic carbocycles. The van der Waals surface area contributed by atoms with E-state index in [1.807, 2.05) is 75.2 Å². The van der Waals surface area contributed by atoms with Crippen LogP contribution in [0, 0.1) is 0 Å². The maximum Gasteiger partial charge on any atom is 0.338 e. The van der Waals surface area contributed by atoms with Gasteiger partial charge in [-0.25, -0.2) is 9.59 Å². The first-order valence-corrected chi connectivity index (χ1v) is 9.61. The molecule has 1 saturated heterocycles. The van der Waals surface area contributed by atoms with Crippen LogP contribution in [0.5, 0.6) is 0 Å². The SMILES string of the molecule is CN1CC(Cc2ccc(C(=O)OC(C)(C)C)cc2)N(Cc2ccccc2)C1=O. The molecule has 1 fully saturated rings. The van der Waals surface area contributed by atoms with Gasteiger partial charge in [0.1, 0.15) is 5.60 Å². The minimum atomic E-state index is -0.511. The summed E-state index contributed by atoms with van der Waals surface area (Å²) in [4.78, 5) is 28.4. The number of urea groups is 1. The Labute approximate surface area is 166 Å². The molecule has 2 amide bonds. The molecule has 1 unspecified atom stereocenters. The van der Waals surface area contributed by atoms with Crippen molar-refractivity contribution in [3.8, 4) is 0 Å². The number of benzene rings is 2. The van der Waals surface area contributed by atoms with Gasteiger partial charge in [0.25, 0.3) is 0 Å². The predicted octanol–water partition coefficient (Wildman–Crippen LogP) is 4.12.